The molecule has 1 heterocycles. The van der Waals surface area contributed by atoms with E-state index in [1.165, 1.54) is 0 Å². The van der Waals surface area contributed by atoms with Crippen molar-refractivity contribution in [3.63, 3.8) is 0 Å². The van der Waals surface area contributed by atoms with Crippen LogP contribution in [0.5, 0.6) is 11.5 Å². The zero-order chi connectivity index (χ0) is 10.8. The highest BCUT2D eigenvalue weighted by atomic mass is 16.6. The van der Waals surface area contributed by atoms with Gasteiger partial charge < -0.3 is 20.3 Å². The Morgan fingerprint density at radius 3 is 3.07 bits per heavy atom. The van der Waals surface area contributed by atoms with E-state index in [9.17, 15) is 5.11 Å². The second kappa shape index (κ2) is 4.08. The van der Waals surface area contributed by atoms with Crippen molar-refractivity contribution in [2.45, 2.75) is 19.1 Å². The number of nitrogens with two attached hydrogens (primary N) is 1. The first-order valence-electron chi connectivity index (χ1n) is 4.99. The number of hydrogen-bond acceptors (Lipinski definition) is 4. The van der Waals surface area contributed by atoms with Gasteiger partial charge in [0.2, 0.25) is 0 Å². The molecule has 0 aromatic heterocycles. The first-order valence-corrected chi connectivity index (χ1v) is 4.99. The van der Waals surface area contributed by atoms with Crippen LogP contribution in [-0.2, 0) is 0 Å². The third kappa shape index (κ3) is 2.06. The van der Waals surface area contributed by atoms with Gasteiger partial charge in [-0.1, -0.05) is 6.07 Å². The molecule has 1 aliphatic heterocycles. The van der Waals surface area contributed by atoms with Crippen LogP contribution in [0.25, 0.3) is 0 Å². The topological polar surface area (TPSA) is 64.7 Å². The molecular weight excluding hydrogens is 194 g/mol. The Morgan fingerprint density at radius 2 is 2.33 bits per heavy atom. The van der Waals surface area contributed by atoms with E-state index in [1.54, 1.807) is 0 Å². The molecule has 0 bridgehead atoms. The lowest BCUT2D eigenvalue weighted by Crippen LogP contribution is -2.43. The maximum Gasteiger partial charge on any atom is 0.162 e. The smallest absolute Gasteiger partial charge is 0.162 e. The molecule has 0 radical (unpaired) electrons. The van der Waals surface area contributed by atoms with Gasteiger partial charge in [-0.25, -0.2) is 0 Å². The molecule has 2 unspecified atom stereocenters. The van der Waals surface area contributed by atoms with Gasteiger partial charge in [-0.05, 0) is 24.6 Å². The Morgan fingerprint density at radius 1 is 1.53 bits per heavy atom. The highest BCUT2D eigenvalue weighted by Crippen LogP contribution is 2.32. The third-order valence-corrected chi connectivity index (χ3v) is 2.45. The molecule has 15 heavy (non-hydrogen) atoms. The summed E-state index contributed by atoms with van der Waals surface area (Å²) < 4.78 is 11.1. The zero-order valence-electron chi connectivity index (χ0n) is 8.64. The molecule has 4 nitrogen and oxygen atoms in total. The van der Waals surface area contributed by atoms with E-state index in [0.717, 1.165) is 11.3 Å². The van der Waals surface area contributed by atoms with Crippen molar-refractivity contribution >= 4 is 0 Å². The summed E-state index contributed by atoms with van der Waals surface area (Å²) in [5, 5.41) is 9.55. The van der Waals surface area contributed by atoms with Crippen LogP contribution < -0.4 is 15.2 Å². The van der Waals surface area contributed by atoms with Crippen molar-refractivity contribution in [1.29, 1.82) is 0 Å². The Labute approximate surface area is 88.6 Å². The Balaban J connectivity index is 2.18. The van der Waals surface area contributed by atoms with Crippen LogP contribution in [0.2, 0.25) is 0 Å². The monoisotopic (exact) mass is 209 g/mol. The minimum atomic E-state index is -0.682. The summed E-state index contributed by atoms with van der Waals surface area (Å²) in [6, 6.07) is 5.72. The predicted octanol–water partition coefficient (Wildman–Crippen LogP) is 0.454. The van der Waals surface area contributed by atoms with Crippen LogP contribution in [0, 0.1) is 6.92 Å². The van der Waals surface area contributed by atoms with Crippen molar-refractivity contribution in [3.8, 4) is 11.5 Å². The summed E-state index contributed by atoms with van der Waals surface area (Å²) in [4.78, 5) is 0. The molecule has 0 spiro atoms. The zero-order valence-corrected chi connectivity index (χ0v) is 8.64. The lowest BCUT2D eigenvalue weighted by Gasteiger charge is -2.29. The van der Waals surface area contributed by atoms with Gasteiger partial charge in [-0.2, -0.15) is 0 Å². The van der Waals surface area contributed by atoms with Gasteiger partial charge in [0.25, 0.3) is 0 Å². The number of benzene rings is 1. The molecule has 82 valence electrons. The first kappa shape index (κ1) is 10.3. The molecule has 0 amide bonds. The Hall–Kier alpha value is -1.26. The number of aliphatic hydroxyl groups excluding tert-OH is 1. The number of hydrogen-bond donors (Lipinski definition) is 2. The summed E-state index contributed by atoms with van der Waals surface area (Å²) in [5.41, 5.74) is 6.46. The Bertz CT molecular complexity index is 354. The molecule has 0 fully saturated rings. The summed E-state index contributed by atoms with van der Waals surface area (Å²) in [5.74, 6) is 1.40. The fraction of sp³-hybridized carbons (Fsp3) is 0.455. The van der Waals surface area contributed by atoms with Gasteiger partial charge >= 0.3 is 0 Å². The summed E-state index contributed by atoms with van der Waals surface area (Å²) >= 11 is 0. The lowest BCUT2D eigenvalue weighted by atomic mass is 10.1. The maximum absolute atomic E-state index is 9.55. The third-order valence-electron chi connectivity index (χ3n) is 2.45. The van der Waals surface area contributed by atoms with Crippen LogP contribution in [0.15, 0.2) is 18.2 Å². The van der Waals surface area contributed by atoms with Gasteiger partial charge in [0.1, 0.15) is 12.7 Å². The SMILES string of the molecule is Cc1ccc2c(c1)OC(C(O)CN)CO2. The molecule has 0 saturated heterocycles. The second-order valence-corrected chi connectivity index (χ2v) is 3.72. The number of aliphatic hydroxyl groups is 1. The highest BCUT2D eigenvalue weighted by Gasteiger charge is 2.26. The van der Waals surface area contributed by atoms with E-state index < -0.39 is 6.10 Å². The fourth-order valence-corrected chi connectivity index (χ4v) is 1.54. The Kier molecular flexibility index (Phi) is 2.79. The van der Waals surface area contributed by atoms with Crippen molar-refractivity contribution in [2.24, 2.45) is 5.73 Å². The van der Waals surface area contributed by atoms with Gasteiger partial charge in [0.15, 0.2) is 17.6 Å². The minimum absolute atomic E-state index is 0.176. The van der Waals surface area contributed by atoms with E-state index in [4.69, 9.17) is 15.2 Å². The van der Waals surface area contributed by atoms with Crippen LogP contribution >= 0.6 is 0 Å². The minimum Gasteiger partial charge on any atom is -0.486 e. The highest BCUT2D eigenvalue weighted by molar-refractivity contribution is 5.43. The van der Waals surface area contributed by atoms with Crippen molar-refractivity contribution in [2.75, 3.05) is 13.2 Å². The van der Waals surface area contributed by atoms with Gasteiger partial charge in [0, 0.05) is 6.54 Å². The van der Waals surface area contributed by atoms with E-state index in [2.05, 4.69) is 0 Å². The quantitative estimate of drug-likeness (QED) is 0.742. The predicted molar refractivity (Wildman–Crippen MR) is 56.2 cm³/mol. The van der Waals surface area contributed by atoms with Crippen molar-refractivity contribution in [1.82, 2.24) is 0 Å². The normalized spacial score (nSPS) is 21.1. The van der Waals surface area contributed by atoms with E-state index in [0.29, 0.717) is 12.4 Å². The molecule has 4 heteroatoms. The van der Waals surface area contributed by atoms with Gasteiger partial charge in [-0.15, -0.1) is 0 Å². The molecule has 1 aliphatic rings. The summed E-state index contributed by atoms with van der Waals surface area (Å²) in [6.45, 7) is 2.50. The van der Waals surface area contributed by atoms with E-state index in [1.807, 2.05) is 25.1 Å². The number of ether oxygens (including phenoxy) is 2. The summed E-state index contributed by atoms with van der Waals surface area (Å²) in [6.07, 6.45) is -1.05. The average molecular weight is 209 g/mol. The van der Waals surface area contributed by atoms with Gasteiger partial charge in [-0.3, -0.25) is 0 Å². The number of rotatable bonds is 2. The molecule has 0 saturated carbocycles. The maximum atomic E-state index is 9.55. The van der Waals surface area contributed by atoms with Crippen molar-refractivity contribution in [3.05, 3.63) is 23.8 Å². The van der Waals surface area contributed by atoms with Crippen LogP contribution in [0.3, 0.4) is 0 Å². The van der Waals surface area contributed by atoms with Gasteiger partial charge in [0.05, 0.1) is 0 Å². The van der Waals surface area contributed by atoms with Crippen LogP contribution in [0.4, 0.5) is 0 Å². The van der Waals surface area contributed by atoms with Crippen LogP contribution in [-0.4, -0.2) is 30.5 Å². The number of fused-ring (bicyclic) bond motifs is 1. The van der Waals surface area contributed by atoms with Crippen molar-refractivity contribution < 1.29 is 14.6 Å². The lowest BCUT2D eigenvalue weighted by molar-refractivity contribution is -0.00535. The molecule has 1 aromatic carbocycles. The first-order chi connectivity index (χ1) is 7.20. The molecule has 0 aliphatic carbocycles. The molecular formula is C11H15NO3. The molecule has 3 N–H and O–H groups in total. The fourth-order valence-electron chi connectivity index (χ4n) is 1.54. The number of aryl methyl sites for hydroxylation is 1. The summed E-state index contributed by atoms with van der Waals surface area (Å²) in [7, 11) is 0. The average Bonchev–Trinajstić information content (AvgIpc) is 2.27. The second-order valence-electron chi connectivity index (χ2n) is 3.72. The molecule has 2 rings (SSSR count). The van der Waals surface area contributed by atoms with E-state index in [-0.39, 0.29) is 12.6 Å². The van der Waals surface area contributed by atoms with Crippen LogP contribution in [0.1, 0.15) is 5.56 Å². The molecule has 2 atom stereocenters. The van der Waals surface area contributed by atoms with E-state index >= 15 is 0 Å². The largest absolute Gasteiger partial charge is 0.486 e. The standard InChI is InChI=1S/C11H15NO3/c1-7-2-3-9-10(4-7)15-11(6-14-9)8(13)5-12/h2-4,8,11,13H,5-6,12H2,1H3. The molecule has 1 aromatic rings.